The largest absolute Gasteiger partial charge is 0.392 e. The highest BCUT2D eigenvalue weighted by molar-refractivity contribution is 8.00. The monoisotopic (exact) mass is 296 g/mol. The first-order chi connectivity index (χ1) is 9.51. The zero-order valence-corrected chi connectivity index (χ0v) is 12.5. The van der Waals surface area contributed by atoms with E-state index in [4.69, 9.17) is 5.11 Å². The Labute approximate surface area is 123 Å². The highest BCUT2D eigenvalue weighted by Crippen LogP contribution is 2.18. The molecular formula is C14H20N2O3S. The minimum Gasteiger partial charge on any atom is -0.392 e. The van der Waals surface area contributed by atoms with Gasteiger partial charge in [0.1, 0.15) is 0 Å². The molecule has 0 aliphatic carbocycles. The van der Waals surface area contributed by atoms with Crippen molar-refractivity contribution >= 4 is 23.7 Å². The smallest absolute Gasteiger partial charge is 0.321 e. The summed E-state index contributed by atoms with van der Waals surface area (Å²) in [5.74, 6) is 0.186. The van der Waals surface area contributed by atoms with Crippen molar-refractivity contribution < 1.29 is 14.7 Å². The van der Waals surface area contributed by atoms with E-state index in [1.54, 1.807) is 12.1 Å². The van der Waals surface area contributed by atoms with Crippen LogP contribution in [0.25, 0.3) is 0 Å². The van der Waals surface area contributed by atoms with E-state index in [0.717, 1.165) is 10.5 Å². The van der Waals surface area contributed by atoms with E-state index in [1.807, 2.05) is 26.0 Å². The van der Waals surface area contributed by atoms with E-state index in [9.17, 15) is 9.59 Å². The molecule has 1 rings (SSSR count). The molecule has 0 radical (unpaired) electrons. The highest BCUT2D eigenvalue weighted by atomic mass is 32.2. The molecular weight excluding hydrogens is 276 g/mol. The van der Waals surface area contributed by atoms with Crippen LogP contribution < -0.4 is 10.6 Å². The molecule has 0 unspecified atom stereocenters. The van der Waals surface area contributed by atoms with E-state index in [2.05, 4.69) is 10.6 Å². The van der Waals surface area contributed by atoms with Crippen molar-refractivity contribution in [2.24, 2.45) is 5.92 Å². The summed E-state index contributed by atoms with van der Waals surface area (Å²) in [5.41, 5.74) is 0.826. The molecule has 5 nitrogen and oxygen atoms in total. The summed E-state index contributed by atoms with van der Waals surface area (Å²) in [4.78, 5) is 23.9. The average molecular weight is 296 g/mol. The maximum atomic E-state index is 11.6. The first-order valence-electron chi connectivity index (χ1n) is 6.41. The van der Waals surface area contributed by atoms with Crippen LogP contribution in [0.4, 0.5) is 4.79 Å². The van der Waals surface area contributed by atoms with Gasteiger partial charge in [0.2, 0.25) is 5.91 Å². The van der Waals surface area contributed by atoms with E-state index >= 15 is 0 Å². The van der Waals surface area contributed by atoms with Gasteiger partial charge in [0, 0.05) is 11.4 Å². The fourth-order valence-electron chi connectivity index (χ4n) is 1.34. The van der Waals surface area contributed by atoms with Crippen LogP contribution in [0.15, 0.2) is 29.2 Å². The Kier molecular flexibility index (Phi) is 7.11. The van der Waals surface area contributed by atoms with Gasteiger partial charge in [-0.05, 0) is 23.6 Å². The van der Waals surface area contributed by atoms with Crippen LogP contribution >= 0.6 is 11.8 Å². The van der Waals surface area contributed by atoms with Crippen LogP contribution in [0, 0.1) is 5.92 Å². The number of carbonyl (C=O) groups excluding carboxylic acids is 2. The normalized spacial score (nSPS) is 10.4. The number of amides is 3. The van der Waals surface area contributed by atoms with Gasteiger partial charge >= 0.3 is 6.03 Å². The van der Waals surface area contributed by atoms with Gasteiger partial charge in [-0.25, -0.2) is 4.79 Å². The number of benzene rings is 1. The zero-order valence-electron chi connectivity index (χ0n) is 11.7. The van der Waals surface area contributed by atoms with Gasteiger partial charge in [-0.3, -0.25) is 10.1 Å². The molecule has 0 bridgehead atoms. The molecule has 0 fully saturated rings. The predicted molar refractivity (Wildman–Crippen MR) is 79.5 cm³/mol. The van der Waals surface area contributed by atoms with Crippen molar-refractivity contribution in [3.05, 3.63) is 29.8 Å². The minimum absolute atomic E-state index is 0.00144. The third-order valence-electron chi connectivity index (χ3n) is 2.40. The van der Waals surface area contributed by atoms with Crippen molar-refractivity contribution in [1.29, 1.82) is 0 Å². The quantitative estimate of drug-likeness (QED) is 0.699. The Bertz CT molecular complexity index is 446. The molecule has 0 aliphatic heterocycles. The average Bonchev–Trinajstić information content (AvgIpc) is 2.43. The summed E-state index contributed by atoms with van der Waals surface area (Å²) in [6.07, 6.45) is 0. The minimum atomic E-state index is -0.458. The highest BCUT2D eigenvalue weighted by Gasteiger charge is 2.08. The molecule has 0 aliphatic rings. The van der Waals surface area contributed by atoms with E-state index < -0.39 is 6.03 Å². The third kappa shape index (κ3) is 6.58. The molecule has 6 heteroatoms. The second-order valence-corrected chi connectivity index (χ2v) is 5.79. The summed E-state index contributed by atoms with van der Waals surface area (Å²) < 4.78 is 0. The Morgan fingerprint density at radius 1 is 1.25 bits per heavy atom. The number of aliphatic hydroxyl groups is 1. The molecule has 0 heterocycles. The molecule has 1 aromatic rings. The maximum Gasteiger partial charge on any atom is 0.321 e. The Morgan fingerprint density at radius 2 is 1.90 bits per heavy atom. The number of carbonyl (C=O) groups is 2. The molecule has 110 valence electrons. The van der Waals surface area contributed by atoms with Gasteiger partial charge in [-0.1, -0.05) is 26.0 Å². The molecule has 0 saturated heterocycles. The summed E-state index contributed by atoms with van der Waals surface area (Å²) in [6.45, 7) is 4.50. The maximum absolute atomic E-state index is 11.6. The van der Waals surface area contributed by atoms with Gasteiger partial charge in [0.15, 0.2) is 0 Å². The van der Waals surface area contributed by atoms with Crippen molar-refractivity contribution in [2.75, 3.05) is 12.3 Å². The van der Waals surface area contributed by atoms with Gasteiger partial charge < -0.3 is 10.4 Å². The van der Waals surface area contributed by atoms with Gasteiger partial charge in [0.25, 0.3) is 0 Å². The third-order valence-corrected chi connectivity index (χ3v) is 3.41. The fourth-order valence-corrected chi connectivity index (χ4v) is 2.04. The van der Waals surface area contributed by atoms with Gasteiger partial charge in [0.05, 0.1) is 12.4 Å². The van der Waals surface area contributed by atoms with Crippen molar-refractivity contribution in [1.82, 2.24) is 10.6 Å². The summed E-state index contributed by atoms with van der Waals surface area (Å²) in [6, 6.07) is 6.82. The lowest BCUT2D eigenvalue weighted by Gasteiger charge is -2.08. The summed E-state index contributed by atoms with van der Waals surface area (Å²) in [5, 5.41) is 13.8. The number of aliphatic hydroxyl groups excluding tert-OH is 1. The number of hydrogen-bond acceptors (Lipinski definition) is 4. The van der Waals surface area contributed by atoms with E-state index in [-0.39, 0.29) is 18.3 Å². The lowest BCUT2D eigenvalue weighted by atomic mass is 10.2. The van der Waals surface area contributed by atoms with Crippen molar-refractivity contribution in [2.45, 2.75) is 25.3 Å². The van der Waals surface area contributed by atoms with Crippen LogP contribution in [-0.4, -0.2) is 29.3 Å². The van der Waals surface area contributed by atoms with Gasteiger partial charge in [-0.2, -0.15) is 0 Å². The molecule has 1 aromatic carbocycles. The standard InChI is InChI=1S/C14H20N2O3S/c1-10(2)7-15-14(19)16-13(18)9-20-12-5-3-11(8-17)4-6-12/h3-6,10,17H,7-9H2,1-2H3,(H2,15,16,18,19). The molecule has 0 spiro atoms. The number of rotatable bonds is 6. The molecule has 0 saturated carbocycles. The van der Waals surface area contributed by atoms with Crippen LogP contribution in [0.3, 0.4) is 0 Å². The fraction of sp³-hybridized carbons (Fsp3) is 0.429. The first kappa shape index (κ1) is 16.5. The molecule has 20 heavy (non-hydrogen) atoms. The second-order valence-electron chi connectivity index (χ2n) is 4.74. The number of hydrogen-bond donors (Lipinski definition) is 3. The number of urea groups is 1. The van der Waals surface area contributed by atoms with Crippen LogP contribution in [0.5, 0.6) is 0 Å². The van der Waals surface area contributed by atoms with Crippen molar-refractivity contribution in [3.8, 4) is 0 Å². The Balaban J connectivity index is 2.30. The predicted octanol–water partition coefficient (Wildman–Crippen LogP) is 1.75. The van der Waals surface area contributed by atoms with E-state index in [0.29, 0.717) is 12.5 Å². The van der Waals surface area contributed by atoms with Crippen molar-refractivity contribution in [3.63, 3.8) is 0 Å². The molecule has 0 atom stereocenters. The van der Waals surface area contributed by atoms with Gasteiger partial charge in [-0.15, -0.1) is 11.8 Å². The SMILES string of the molecule is CC(C)CNC(=O)NC(=O)CSc1ccc(CO)cc1. The lowest BCUT2D eigenvalue weighted by Crippen LogP contribution is -2.41. The second kappa shape index (κ2) is 8.60. The summed E-state index contributed by atoms with van der Waals surface area (Å²) >= 11 is 1.34. The number of thioether (sulfide) groups is 1. The van der Waals surface area contributed by atoms with Crippen LogP contribution in [0.1, 0.15) is 19.4 Å². The molecule has 3 N–H and O–H groups in total. The lowest BCUT2D eigenvalue weighted by molar-refractivity contribution is -0.117. The summed E-state index contributed by atoms with van der Waals surface area (Å²) in [7, 11) is 0. The van der Waals surface area contributed by atoms with E-state index in [1.165, 1.54) is 11.8 Å². The topological polar surface area (TPSA) is 78.4 Å². The number of nitrogens with one attached hydrogen (secondary N) is 2. The molecule has 0 aromatic heterocycles. The zero-order chi connectivity index (χ0) is 15.0. The van der Waals surface area contributed by atoms with Crippen LogP contribution in [-0.2, 0) is 11.4 Å². The Hall–Kier alpha value is -1.53. The van der Waals surface area contributed by atoms with Crippen LogP contribution in [0.2, 0.25) is 0 Å². The first-order valence-corrected chi connectivity index (χ1v) is 7.40. The Morgan fingerprint density at radius 3 is 2.45 bits per heavy atom. The molecule has 3 amide bonds. The number of imide groups is 1.